The number of hydrogen-bond donors (Lipinski definition) is 0. The van der Waals surface area contributed by atoms with Gasteiger partial charge in [0.05, 0.1) is 45.8 Å². The molecule has 6 rings (SSSR count). The number of nitrogens with zero attached hydrogens (tertiary/aromatic N) is 3. The standard InChI is InChI=1S/C30H27N3O5S/c1-32-28(25(17-34)39-30(32)36)21-15-24-26(31-16-21)22-9-8-20(29(35)37-2)14-23(22)33(24)27(18-6-4-3-5-7-18)19-10-12-38-13-11-19/h3-9,14-17,19,27H,10-13H2,1-2H3. The third-order valence-electron chi connectivity index (χ3n) is 7.61. The molecule has 4 heterocycles. The maximum Gasteiger partial charge on any atom is 0.337 e. The number of esters is 1. The Kier molecular flexibility index (Phi) is 6.62. The summed E-state index contributed by atoms with van der Waals surface area (Å²) >= 11 is 0.923. The lowest BCUT2D eigenvalue weighted by atomic mass is 9.86. The molecule has 1 aliphatic heterocycles. The summed E-state index contributed by atoms with van der Waals surface area (Å²) in [6.07, 6.45) is 4.21. The van der Waals surface area contributed by atoms with Gasteiger partial charge in [-0.05, 0) is 48.6 Å². The molecule has 1 atom stereocenters. The van der Waals surface area contributed by atoms with Gasteiger partial charge in [-0.3, -0.25) is 14.6 Å². The summed E-state index contributed by atoms with van der Waals surface area (Å²) in [7, 11) is 3.04. The summed E-state index contributed by atoms with van der Waals surface area (Å²) in [5.41, 5.74) is 5.34. The zero-order valence-electron chi connectivity index (χ0n) is 21.6. The van der Waals surface area contributed by atoms with Crippen molar-refractivity contribution >= 4 is 45.5 Å². The van der Waals surface area contributed by atoms with E-state index in [4.69, 9.17) is 14.5 Å². The molecular weight excluding hydrogens is 514 g/mol. The van der Waals surface area contributed by atoms with Crippen molar-refractivity contribution in [1.82, 2.24) is 14.1 Å². The number of thiazole rings is 1. The molecule has 0 bridgehead atoms. The Bertz CT molecular complexity index is 1760. The zero-order chi connectivity index (χ0) is 27.1. The summed E-state index contributed by atoms with van der Waals surface area (Å²) < 4.78 is 14.5. The quantitative estimate of drug-likeness (QED) is 0.216. The Hall–Kier alpha value is -4.08. The second-order valence-electron chi connectivity index (χ2n) is 9.75. The first-order valence-corrected chi connectivity index (χ1v) is 13.6. The molecule has 9 heteroatoms. The lowest BCUT2D eigenvalue weighted by molar-refractivity contribution is 0.0553. The predicted octanol–water partition coefficient (Wildman–Crippen LogP) is 5.23. The van der Waals surface area contributed by atoms with Crippen LogP contribution < -0.4 is 4.87 Å². The number of rotatable bonds is 6. The molecule has 5 aromatic rings. The van der Waals surface area contributed by atoms with Gasteiger partial charge in [-0.1, -0.05) is 41.7 Å². The number of pyridine rings is 1. The van der Waals surface area contributed by atoms with Crippen molar-refractivity contribution in [3.8, 4) is 11.3 Å². The molecule has 2 aromatic carbocycles. The smallest absolute Gasteiger partial charge is 0.337 e. The van der Waals surface area contributed by atoms with E-state index in [1.54, 1.807) is 19.3 Å². The van der Waals surface area contributed by atoms with Crippen LogP contribution >= 0.6 is 11.3 Å². The van der Waals surface area contributed by atoms with Crippen LogP contribution in [0.25, 0.3) is 33.2 Å². The predicted molar refractivity (Wildman–Crippen MR) is 151 cm³/mol. The highest BCUT2D eigenvalue weighted by Crippen LogP contribution is 2.41. The van der Waals surface area contributed by atoms with Crippen LogP contribution in [0.4, 0.5) is 0 Å². The molecule has 1 aliphatic rings. The summed E-state index contributed by atoms with van der Waals surface area (Å²) in [4.78, 5) is 41.8. The number of carbonyl (C=O) groups is 2. The molecule has 1 fully saturated rings. The molecule has 39 heavy (non-hydrogen) atoms. The summed E-state index contributed by atoms with van der Waals surface area (Å²) in [5, 5.41) is 0.909. The van der Waals surface area contributed by atoms with E-state index in [0.29, 0.717) is 34.9 Å². The molecule has 198 valence electrons. The van der Waals surface area contributed by atoms with Gasteiger partial charge >= 0.3 is 10.8 Å². The Balaban J connectivity index is 1.70. The Morgan fingerprint density at radius 3 is 2.62 bits per heavy atom. The van der Waals surface area contributed by atoms with Crippen LogP contribution in [0.15, 0.2) is 65.6 Å². The van der Waals surface area contributed by atoms with E-state index in [-0.39, 0.29) is 16.8 Å². The fourth-order valence-electron chi connectivity index (χ4n) is 5.78. The van der Waals surface area contributed by atoms with Crippen LogP contribution in [0.1, 0.15) is 44.5 Å². The number of aldehydes is 1. The SMILES string of the molecule is COC(=O)c1ccc2c3ncc(-c4c(C=O)sc(=O)n4C)cc3n(C(c3ccccc3)C3CCOCC3)c2c1. The van der Waals surface area contributed by atoms with Gasteiger partial charge in [0.2, 0.25) is 0 Å². The molecule has 0 saturated carbocycles. The Morgan fingerprint density at radius 2 is 1.90 bits per heavy atom. The minimum absolute atomic E-state index is 0.0584. The molecule has 0 aliphatic carbocycles. The highest BCUT2D eigenvalue weighted by atomic mass is 32.1. The number of hydrogen-bond acceptors (Lipinski definition) is 7. The maximum absolute atomic E-state index is 12.5. The van der Waals surface area contributed by atoms with Crippen molar-refractivity contribution in [2.45, 2.75) is 18.9 Å². The number of methoxy groups -OCH3 is 1. The van der Waals surface area contributed by atoms with Crippen molar-refractivity contribution in [1.29, 1.82) is 0 Å². The van der Waals surface area contributed by atoms with Crippen LogP contribution in [-0.2, 0) is 16.5 Å². The average Bonchev–Trinajstić information content (AvgIpc) is 3.46. The van der Waals surface area contributed by atoms with E-state index >= 15 is 0 Å². The molecule has 1 unspecified atom stereocenters. The summed E-state index contributed by atoms with van der Waals surface area (Å²) in [6, 6.07) is 17.8. The summed E-state index contributed by atoms with van der Waals surface area (Å²) in [6.45, 7) is 1.36. The number of aromatic nitrogens is 3. The topological polar surface area (TPSA) is 92.4 Å². The van der Waals surface area contributed by atoms with Gasteiger partial charge in [-0.15, -0.1) is 0 Å². The number of ether oxygens (including phenoxy) is 2. The lowest BCUT2D eigenvalue weighted by Crippen LogP contribution is -2.27. The van der Waals surface area contributed by atoms with E-state index < -0.39 is 5.97 Å². The van der Waals surface area contributed by atoms with Crippen molar-refractivity contribution in [2.75, 3.05) is 20.3 Å². The van der Waals surface area contributed by atoms with Gasteiger partial charge < -0.3 is 18.6 Å². The second kappa shape index (κ2) is 10.2. The van der Waals surface area contributed by atoms with Crippen LogP contribution in [-0.4, -0.2) is 46.7 Å². The van der Waals surface area contributed by atoms with E-state index in [9.17, 15) is 14.4 Å². The van der Waals surface area contributed by atoms with Crippen LogP contribution in [0.2, 0.25) is 0 Å². The van der Waals surface area contributed by atoms with Crippen molar-refractivity contribution in [2.24, 2.45) is 13.0 Å². The number of carbonyl (C=O) groups excluding carboxylic acids is 2. The van der Waals surface area contributed by atoms with Crippen molar-refractivity contribution in [3.63, 3.8) is 0 Å². The van der Waals surface area contributed by atoms with Crippen LogP contribution in [0.3, 0.4) is 0 Å². The monoisotopic (exact) mass is 541 g/mol. The highest BCUT2D eigenvalue weighted by molar-refractivity contribution is 7.11. The number of benzene rings is 2. The van der Waals surface area contributed by atoms with E-state index in [1.165, 1.54) is 11.7 Å². The van der Waals surface area contributed by atoms with E-state index in [0.717, 1.165) is 58.0 Å². The first-order valence-electron chi connectivity index (χ1n) is 12.8. The van der Waals surface area contributed by atoms with Gasteiger partial charge in [0.15, 0.2) is 6.29 Å². The molecule has 8 nitrogen and oxygen atoms in total. The van der Waals surface area contributed by atoms with Gasteiger partial charge in [-0.2, -0.15) is 0 Å². The summed E-state index contributed by atoms with van der Waals surface area (Å²) in [5.74, 6) is -0.130. The largest absolute Gasteiger partial charge is 0.465 e. The Labute approximate surface area is 228 Å². The minimum Gasteiger partial charge on any atom is -0.465 e. The maximum atomic E-state index is 12.5. The molecule has 3 aromatic heterocycles. The lowest BCUT2D eigenvalue weighted by Gasteiger charge is -2.33. The Morgan fingerprint density at radius 1 is 1.13 bits per heavy atom. The van der Waals surface area contributed by atoms with Crippen LogP contribution in [0.5, 0.6) is 0 Å². The average molecular weight is 542 g/mol. The van der Waals surface area contributed by atoms with E-state index in [1.807, 2.05) is 36.4 Å². The van der Waals surface area contributed by atoms with Gasteiger partial charge in [0, 0.05) is 37.4 Å². The second-order valence-corrected chi connectivity index (χ2v) is 10.7. The molecule has 0 N–H and O–H groups in total. The van der Waals surface area contributed by atoms with E-state index in [2.05, 4.69) is 16.7 Å². The fourth-order valence-corrected chi connectivity index (χ4v) is 6.59. The molecule has 0 spiro atoms. The van der Waals surface area contributed by atoms with Crippen molar-refractivity contribution in [3.05, 3.63) is 86.5 Å². The first-order chi connectivity index (χ1) is 19.0. The molecule has 0 radical (unpaired) electrons. The normalized spacial score (nSPS) is 15.0. The highest BCUT2D eigenvalue weighted by Gasteiger charge is 2.30. The van der Waals surface area contributed by atoms with Crippen molar-refractivity contribution < 1.29 is 19.1 Å². The van der Waals surface area contributed by atoms with Gasteiger partial charge in [0.25, 0.3) is 0 Å². The first kappa shape index (κ1) is 25.2. The van der Waals surface area contributed by atoms with Gasteiger partial charge in [0.1, 0.15) is 0 Å². The fraction of sp³-hybridized carbons (Fsp3) is 0.267. The number of fused-ring (bicyclic) bond motifs is 3. The zero-order valence-corrected chi connectivity index (χ0v) is 22.4. The third-order valence-corrected chi connectivity index (χ3v) is 8.57. The third kappa shape index (κ3) is 4.27. The molecule has 0 amide bonds. The molecule has 1 saturated heterocycles. The minimum atomic E-state index is -0.409. The van der Waals surface area contributed by atoms with Crippen LogP contribution in [0, 0.1) is 5.92 Å². The van der Waals surface area contributed by atoms with Gasteiger partial charge in [-0.25, -0.2) is 4.79 Å². The molecular formula is C30H27N3O5S.